The molecule has 1 aromatic rings. The van der Waals surface area contributed by atoms with Gasteiger partial charge in [-0.2, -0.15) is 4.98 Å². The molecular weight excluding hydrogens is 337 g/mol. The molecule has 1 aliphatic carbocycles. The van der Waals surface area contributed by atoms with Gasteiger partial charge in [0.2, 0.25) is 11.8 Å². The molecule has 0 bridgehead atoms. The minimum atomic E-state index is -0.523. The van der Waals surface area contributed by atoms with Crippen molar-refractivity contribution in [2.75, 3.05) is 20.3 Å². The third-order valence-electron chi connectivity index (χ3n) is 5.19. The Hall–Kier alpha value is -1.89. The van der Waals surface area contributed by atoms with Crippen molar-refractivity contribution in [1.29, 1.82) is 0 Å². The SMILES string of the molecule is COc1nc(OCC2CCCCC2)c(F)cc1CNC(=O)C1CCCN1. The summed E-state index contributed by atoms with van der Waals surface area (Å²) in [5, 5.41) is 5.95. The van der Waals surface area contributed by atoms with Crippen LogP contribution in [0.4, 0.5) is 4.39 Å². The molecular formula is C19H28FN3O3. The standard InChI is InChI=1S/C19H28FN3O3/c1-25-18-14(11-22-17(24)16-8-5-9-21-16)10-15(20)19(23-18)26-12-13-6-3-2-4-7-13/h10,13,16,21H,2-9,11-12H2,1H3,(H,22,24). The van der Waals surface area contributed by atoms with Gasteiger partial charge in [0, 0.05) is 12.1 Å². The molecule has 3 rings (SSSR count). The normalized spacial score (nSPS) is 20.8. The van der Waals surface area contributed by atoms with Gasteiger partial charge in [-0.15, -0.1) is 0 Å². The summed E-state index contributed by atoms with van der Waals surface area (Å²) in [4.78, 5) is 16.3. The van der Waals surface area contributed by atoms with E-state index in [4.69, 9.17) is 9.47 Å². The van der Waals surface area contributed by atoms with Crippen molar-refractivity contribution >= 4 is 5.91 Å². The fourth-order valence-electron chi connectivity index (χ4n) is 3.66. The highest BCUT2D eigenvalue weighted by Gasteiger charge is 2.23. The van der Waals surface area contributed by atoms with E-state index in [1.54, 1.807) is 0 Å². The van der Waals surface area contributed by atoms with Crippen LogP contribution < -0.4 is 20.1 Å². The average molecular weight is 365 g/mol. The Balaban J connectivity index is 1.59. The van der Waals surface area contributed by atoms with Crippen LogP contribution in [0.25, 0.3) is 0 Å². The van der Waals surface area contributed by atoms with E-state index in [1.807, 2.05) is 0 Å². The zero-order valence-corrected chi connectivity index (χ0v) is 15.4. The first kappa shape index (κ1) is 18.9. The van der Waals surface area contributed by atoms with Gasteiger partial charge >= 0.3 is 0 Å². The Morgan fingerprint density at radius 1 is 1.27 bits per heavy atom. The topological polar surface area (TPSA) is 72.5 Å². The highest BCUT2D eigenvalue weighted by molar-refractivity contribution is 5.82. The van der Waals surface area contributed by atoms with Crippen molar-refractivity contribution in [1.82, 2.24) is 15.6 Å². The lowest BCUT2D eigenvalue weighted by molar-refractivity contribution is -0.122. The predicted octanol–water partition coefficient (Wildman–Crippen LogP) is 2.56. The molecule has 1 unspecified atom stereocenters. The number of hydrogen-bond acceptors (Lipinski definition) is 5. The van der Waals surface area contributed by atoms with Crippen LogP contribution in [0.2, 0.25) is 0 Å². The first-order valence-electron chi connectivity index (χ1n) is 9.54. The third-order valence-corrected chi connectivity index (χ3v) is 5.19. The zero-order valence-electron chi connectivity index (χ0n) is 15.4. The van der Waals surface area contributed by atoms with Crippen LogP contribution in [0.5, 0.6) is 11.8 Å². The van der Waals surface area contributed by atoms with Crippen LogP contribution in [0, 0.1) is 11.7 Å². The molecule has 2 fully saturated rings. The zero-order chi connectivity index (χ0) is 18.4. The number of nitrogens with zero attached hydrogens (tertiary/aromatic N) is 1. The van der Waals surface area contributed by atoms with E-state index in [0.29, 0.717) is 18.1 Å². The van der Waals surface area contributed by atoms with Gasteiger partial charge < -0.3 is 20.1 Å². The van der Waals surface area contributed by atoms with E-state index < -0.39 is 5.82 Å². The van der Waals surface area contributed by atoms with Crippen molar-refractivity contribution in [2.45, 2.75) is 57.5 Å². The van der Waals surface area contributed by atoms with E-state index >= 15 is 0 Å². The number of methoxy groups -OCH3 is 1. The molecule has 1 saturated heterocycles. The molecule has 7 heteroatoms. The summed E-state index contributed by atoms with van der Waals surface area (Å²) >= 11 is 0. The van der Waals surface area contributed by atoms with Gasteiger partial charge in [0.05, 0.1) is 19.8 Å². The first-order chi connectivity index (χ1) is 12.7. The van der Waals surface area contributed by atoms with Crippen LogP contribution in [-0.4, -0.2) is 37.2 Å². The smallest absolute Gasteiger partial charge is 0.253 e. The highest BCUT2D eigenvalue weighted by Crippen LogP contribution is 2.27. The molecule has 0 radical (unpaired) electrons. The summed E-state index contributed by atoms with van der Waals surface area (Å²) in [6.45, 7) is 1.51. The fraction of sp³-hybridized carbons (Fsp3) is 0.684. The Labute approximate surface area is 153 Å². The monoisotopic (exact) mass is 365 g/mol. The number of nitrogens with one attached hydrogen (secondary N) is 2. The van der Waals surface area contributed by atoms with Gasteiger partial charge in [0.15, 0.2) is 5.82 Å². The molecule has 2 N–H and O–H groups in total. The van der Waals surface area contributed by atoms with Crippen LogP contribution in [0.3, 0.4) is 0 Å². The van der Waals surface area contributed by atoms with E-state index in [2.05, 4.69) is 15.6 Å². The largest absolute Gasteiger partial charge is 0.481 e. The molecule has 1 aliphatic heterocycles. The van der Waals surface area contributed by atoms with Crippen molar-refractivity contribution < 1.29 is 18.7 Å². The van der Waals surface area contributed by atoms with E-state index in [0.717, 1.165) is 32.2 Å². The molecule has 1 aromatic heterocycles. The molecule has 0 aromatic carbocycles. The van der Waals surface area contributed by atoms with Gasteiger partial charge in [0.1, 0.15) is 0 Å². The minimum absolute atomic E-state index is 0.0278. The van der Waals surface area contributed by atoms with Crippen LogP contribution in [0.15, 0.2) is 6.07 Å². The van der Waals surface area contributed by atoms with Gasteiger partial charge in [-0.1, -0.05) is 19.3 Å². The lowest BCUT2D eigenvalue weighted by Crippen LogP contribution is -2.40. The summed E-state index contributed by atoms with van der Waals surface area (Å²) in [6.07, 6.45) is 7.75. The molecule has 0 spiro atoms. The van der Waals surface area contributed by atoms with Gasteiger partial charge in [-0.25, -0.2) is 4.39 Å². The Bertz CT molecular complexity index is 614. The number of aromatic nitrogens is 1. The fourth-order valence-corrected chi connectivity index (χ4v) is 3.66. The van der Waals surface area contributed by atoms with Gasteiger partial charge in [-0.05, 0) is 44.2 Å². The molecule has 26 heavy (non-hydrogen) atoms. The second-order valence-electron chi connectivity index (χ2n) is 7.13. The van der Waals surface area contributed by atoms with E-state index in [-0.39, 0.29) is 30.3 Å². The molecule has 2 aliphatic rings. The van der Waals surface area contributed by atoms with Gasteiger partial charge in [-0.3, -0.25) is 4.79 Å². The summed E-state index contributed by atoms with van der Waals surface area (Å²) in [5.74, 6) is 0.117. The second-order valence-corrected chi connectivity index (χ2v) is 7.13. The maximum atomic E-state index is 14.4. The summed E-state index contributed by atoms with van der Waals surface area (Å²) in [7, 11) is 1.48. The van der Waals surface area contributed by atoms with Crippen molar-refractivity contribution in [3.05, 3.63) is 17.4 Å². The number of halogens is 1. The second kappa shape index (κ2) is 9.16. The van der Waals surface area contributed by atoms with Crippen molar-refractivity contribution in [2.24, 2.45) is 5.92 Å². The molecule has 144 valence electrons. The molecule has 1 atom stereocenters. The number of rotatable bonds is 7. The van der Waals surface area contributed by atoms with Crippen molar-refractivity contribution in [3.63, 3.8) is 0 Å². The van der Waals surface area contributed by atoms with E-state index in [9.17, 15) is 9.18 Å². The number of ether oxygens (including phenoxy) is 2. The predicted molar refractivity (Wildman–Crippen MR) is 95.7 cm³/mol. The van der Waals surface area contributed by atoms with Gasteiger partial charge in [0.25, 0.3) is 5.88 Å². The van der Waals surface area contributed by atoms with Crippen molar-refractivity contribution in [3.8, 4) is 11.8 Å². The summed E-state index contributed by atoms with van der Waals surface area (Å²) < 4.78 is 25.3. The molecule has 1 amide bonds. The minimum Gasteiger partial charge on any atom is -0.481 e. The third kappa shape index (κ3) is 4.84. The van der Waals surface area contributed by atoms with E-state index in [1.165, 1.54) is 32.4 Å². The van der Waals surface area contributed by atoms with Crippen LogP contribution >= 0.6 is 0 Å². The molecule has 6 nitrogen and oxygen atoms in total. The summed E-state index contributed by atoms with van der Waals surface area (Å²) in [6, 6.07) is 1.17. The molecule has 2 heterocycles. The van der Waals surface area contributed by atoms with Crippen LogP contribution in [-0.2, 0) is 11.3 Å². The lowest BCUT2D eigenvalue weighted by atomic mass is 9.90. The highest BCUT2D eigenvalue weighted by atomic mass is 19.1. The maximum absolute atomic E-state index is 14.4. The maximum Gasteiger partial charge on any atom is 0.253 e. The Morgan fingerprint density at radius 3 is 2.77 bits per heavy atom. The lowest BCUT2D eigenvalue weighted by Gasteiger charge is -2.21. The van der Waals surface area contributed by atoms with Crippen LogP contribution in [0.1, 0.15) is 50.5 Å². The quantitative estimate of drug-likeness (QED) is 0.777. The average Bonchev–Trinajstić information content (AvgIpc) is 3.21. The number of amides is 1. The summed E-state index contributed by atoms with van der Waals surface area (Å²) in [5.41, 5.74) is 0.501. The first-order valence-corrected chi connectivity index (χ1v) is 9.54. The Morgan fingerprint density at radius 2 is 2.08 bits per heavy atom. The molecule has 1 saturated carbocycles. The number of carbonyl (C=O) groups is 1. The Kier molecular flexibility index (Phi) is 6.66. The number of hydrogen-bond donors (Lipinski definition) is 2. The number of pyridine rings is 1. The number of carbonyl (C=O) groups excluding carboxylic acids is 1.